The lowest BCUT2D eigenvalue weighted by Gasteiger charge is -2.28. The molecule has 1 aliphatic rings. The van der Waals surface area contributed by atoms with Crippen LogP contribution in [0.2, 0.25) is 10.3 Å². The molecule has 0 aromatic carbocycles. The molecular weight excluding hydrogens is 357 g/mol. The molecule has 0 atom stereocenters. The minimum absolute atomic E-state index is 0.410. The van der Waals surface area contributed by atoms with E-state index >= 15 is 0 Å². The van der Waals surface area contributed by atoms with Crippen molar-refractivity contribution in [3.63, 3.8) is 0 Å². The first-order chi connectivity index (χ1) is 12.2. The molecule has 25 heavy (non-hydrogen) atoms. The molecule has 0 radical (unpaired) electrons. The van der Waals surface area contributed by atoms with Crippen LogP contribution in [0.25, 0.3) is 11.4 Å². The average molecular weight is 372 g/mol. The second kappa shape index (κ2) is 7.04. The lowest BCUT2D eigenvalue weighted by Crippen LogP contribution is -2.31. The number of nitrogens with zero attached hydrogens (tertiary/aromatic N) is 5. The van der Waals surface area contributed by atoms with Crippen molar-refractivity contribution in [1.82, 2.24) is 24.8 Å². The molecule has 0 spiro atoms. The first-order valence-corrected chi connectivity index (χ1v) is 8.73. The Morgan fingerprint density at radius 2 is 1.88 bits per heavy atom. The van der Waals surface area contributed by atoms with E-state index in [1.165, 1.54) is 5.56 Å². The van der Waals surface area contributed by atoms with Gasteiger partial charge >= 0.3 is 0 Å². The monoisotopic (exact) mass is 371 g/mol. The van der Waals surface area contributed by atoms with Crippen LogP contribution in [0.4, 0.5) is 0 Å². The number of halogens is 2. The normalized spacial score (nSPS) is 14.3. The quantitative estimate of drug-likeness (QED) is 0.655. The Kier molecular flexibility index (Phi) is 4.61. The number of pyridine rings is 2. The summed E-state index contributed by atoms with van der Waals surface area (Å²) in [4.78, 5) is 19.7. The molecule has 0 N–H and O–H groups in total. The number of hydrogen-bond acceptors (Lipinski definition) is 5. The van der Waals surface area contributed by atoms with Gasteiger partial charge in [0, 0.05) is 49.4 Å². The highest BCUT2D eigenvalue weighted by atomic mass is 35.5. The molecule has 0 saturated carbocycles. The van der Waals surface area contributed by atoms with Gasteiger partial charge in [0.15, 0.2) is 5.82 Å². The van der Waals surface area contributed by atoms with E-state index in [2.05, 4.69) is 19.9 Å². The fourth-order valence-electron chi connectivity index (χ4n) is 2.93. The lowest BCUT2D eigenvalue weighted by atomic mass is 10.1. The first kappa shape index (κ1) is 16.4. The zero-order chi connectivity index (χ0) is 17.2. The number of rotatable bonds is 3. The largest absolute Gasteiger partial charge is 0.293 e. The maximum atomic E-state index is 6.20. The molecule has 0 bridgehead atoms. The number of aromatic nitrogens is 4. The fourth-order valence-corrected chi connectivity index (χ4v) is 3.34. The smallest absolute Gasteiger partial charge is 0.159 e. The van der Waals surface area contributed by atoms with Crippen molar-refractivity contribution in [2.45, 2.75) is 19.5 Å². The minimum Gasteiger partial charge on any atom is -0.293 e. The second-order valence-corrected chi connectivity index (χ2v) is 6.69. The second-order valence-electron chi connectivity index (χ2n) is 5.95. The third kappa shape index (κ3) is 3.63. The summed E-state index contributed by atoms with van der Waals surface area (Å²) in [5, 5.41) is 0.867. The van der Waals surface area contributed by atoms with Crippen molar-refractivity contribution in [3.8, 4) is 11.4 Å². The molecule has 7 heteroatoms. The Labute approximate surface area is 155 Å². The predicted octanol–water partition coefficient (Wildman–Crippen LogP) is 3.80. The summed E-state index contributed by atoms with van der Waals surface area (Å²) in [7, 11) is 0. The van der Waals surface area contributed by atoms with Crippen molar-refractivity contribution in [3.05, 3.63) is 70.0 Å². The maximum absolute atomic E-state index is 6.20. The van der Waals surface area contributed by atoms with Gasteiger partial charge in [-0.2, -0.15) is 0 Å². The van der Waals surface area contributed by atoms with Crippen LogP contribution in [-0.2, 0) is 19.5 Å². The van der Waals surface area contributed by atoms with E-state index in [0.29, 0.717) is 10.3 Å². The van der Waals surface area contributed by atoms with Gasteiger partial charge in [-0.25, -0.2) is 15.0 Å². The van der Waals surface area contributed by atoms with E-state index in [4.69, 9.17) is 28.2 Å². The molecule has 0 saturated heterocycles. The van der Waals surface area contributed by atoms with Gasteiger partial charge in [-0.05, 0) is 30.2 Å². The molecule has 4 rings (SSSR count). The Bertz CT molecular complexity index is 901. The van der Waals surface area contributed by atoms with Crippen molar-refractivity contribution in [1.29, 1.82) is 0 Å². The summed E-state index contributed by atoms with van der Waals surface area (Å²) in [6.45, 7) is 2.41. The van der Waals surface area contributed by atoms with Crippen molar-refractivity contribution in [2.24, 2.45) is 0 Å². The molecule has 0 unspecified atom stereocenters. The van der Waals surface area contributed by atoms with Gasteiger partial charge in [-0.3, -0.25) is 9.88 Å². The molecule has 3 aromatic rings. The van der Waals surface area contributed by atoms with Crippen LogP contribution >= 0.6 is 23.2 Å². The highest BCUT2D eigenvalue weighted by Crippen LogP contribution is 2.24. The molecule has 0 aliphatic carbocycles. The molecule has 4 heterocycles. The standard InChI is InChI=1S/C18H15Cl2N5/c19-16-2-1-14(17(20)24-16)10-25-8-5-13-9-22-18(23-15(13)11-25)12-3-6-21-7-4-12/h1-4,6-7,9H,5,8,10-11H2. The SMILES string of the molecule is Clc1ccc(CN2CCc3cnc(-c4ccncc4)nc3C2)c(Cl)n1. The van der Waals surface area contributed by atoms with E-state index in [1.54, 1.807) is 18.5 Å². The summed E-state index contributed by atoms with van der Waals surface area (Å²) in [5.74, 6) is 0.731. The summed E-state index contributed by atoms with van der Waals surface area (Å²) in [6, 6.07) is 7.53. The summed E-state index contributed by atoms with van der Waals surface area (Å²) in [6.07, 6.45) is 6.36. The van der Waals surface area contributed by atoms with Crippen LogP contribution in [0.5, 0.6) is 0 Å². The van der Waals surface area contributed by atoms with Crippen LogP contribution in [0, 0.1) is 0 Å². The van der Waals surface area contributed by atoms with Crippen molar-refractivity contribution >= 4 is 23.2 Å². The van der Waals surface area contributed by atoms with Gasteiger partial charge in [0.25, 0.3) is 0 Å². The predicted molar refractivity (Wildman–Crippen MR) is 97.3 cm³/mol. The number of hydrogen-bond donors (Lipinski definition) is 0. The van der Waals surface area contributed by atoms with E-state index in [-0.39, 0.29) is 0 Å². The molecule has 0 amide bonds. The van der Waals surface area contributed by atoms with Gasteiger partial charge in [0.2, 0.25) is 0 Å². The van der Waals surface area contributed by atoms with E-state index in [9.17, 15) is 0 Å². The highest BCUT2D eigenvalue weighted by Gasteiger charge is 2.20. The Balaban J connectivity index is 1.56. The van der Waals surface area contributed by atoms with Gasteiger partial charge in [-0.1, -0.05) is 29.3 Å². The van der Waals surface area contributed by atoms with Crippen LogP contribution in [-0.4, -0.2) is 31.4 Å². The highest BCUT2D eigenvalue weighted by molar-refractivity contribution is 6.32. The van der Waals surface area contributed by atoms with Gasteiger partial charge < -0.3 is 0 Å². The third-order valence-corrected chi connectivity index (χ3v) is 4.79. The van der Waals surface area contributed by atoms with Gasteiger partial charge in [0.05, 0.1) is 5.69 Å². The minimum atomic E-state index is 0.410. The zero-order valence-corrected chi connectivity index (χ0v) is 14.9. The Morgan fingerprint density at radius 1 is 1.04 bits per heavy atom. The van der Waals surface area contributed by atoms with Crippen LogP contribution in [0.3, 0.4) is 0 Å². The van der Waals surface area contributed by atoms with Gasteiger partial charge in [-0.15, -0.1) is 0 Å². The van der Waals surface area contributed by atoms with E-state index in [0.717, 1.165) is 48.7 Å². The Morgan fingerprint density at radius 3 is 2.68 bits per heavy atom. The summed E-state index contributed by atoms with van der Waals surface area (Å²) < 4.78 is 0. The summed E-state index contributed by atoms with van der Waals surface area (Å²) >= 11 is 12.1. The zero-order valence-electron chi connectivity index (χ0n) is 13.4. The van der Waals surface area contributed by atoms with Crippen LogP contribution in [0.15, 0.2) is 42.9 Å². The molecule has 126 valence electrons. The van der Waals surface area contributed by atoms with E-state index < -0.39 is 0 Å². The fraction of sp³-hybridized carbons (Fsp3) is 0.222. The average Bonchev–Trinajstić information content (AvgIpc) is 2.64. The molecule has 0 fully saturated rings. The molecule has 1 aliphatic heterocycles. The number of fused-ring (bicyclic) bond motifs is 1. The van der Waals surface area contributed by atoms with Crippen molar-refractivity contribution in [2.75, 3.05) is 6.54 Å². The van der Waals surface area contributed by atoms with E-state index in [1.807, 2.05) is 24.4 Å². The van der Waals surface area contributed by atoms with Gasteiger partial charge in [0.1, 0.15) is 10.3 Å². The van der Waals surface area contributed by atoms with Crippen LogP contribution in [0.1, 0.15) is 16.8 Å². The first-order valence-electron chi connectivity index (χ1n) is 7.97. The maximum Gasteiger partial charge on any atom is 0.159 e. The molecule has 5 nitrogen and oxygen atoms in total. The topological polar surface area (TPSA) is 54.8 Å². The summed E-state index contributed by atoms with van der Waals surface area (Å²) in [5.41, 5.74) is 4.21. The van der Waals surface area contributed by atoms with Crippen LogP contribution < -0.4 is 0 Å². The van der Waals surface area contributed by atoms with Crippen molar-refractivity contribution < 1.29 is 0 Å². The molecule has 3 aromatic heterocycles. The lowest BCUT2D eigenvalue weighted by molar-refractivity contribution is 0.241. The molecular formula is C18H15Cl2N5. The third-order valence-electron chi connectivity index (χ3n) is 4.25. The Hall–Kier alpha value is -2.08.